The van der Waals surface area contributed by atoms with Gasteiger partial charge in [0.05, 0.1) is 0 Å². The van der Waals surface area contributed by atoms with Crippen LogP contribution in [0.2, 0.25) is 0 Å². The van der Waals surface area contributed by atoms with Crippen LogP contribution >= 0.6 is 11.8 Å². The zero-order valence-corrected chi connectivity index (χ0v) is 11.3. The normalized spacial score (nSPS) is 12.6. The Labute approximate surface area is 107 Å². The molecule has 1 rings (SSSR count). The summed E-state index contributed by atoms with van der Waals surface area (Å²) in [5.74, 6) is 1.44. The quantitative estimate of drug-likeness (QED) is 0.656. The Hall–Kier alpha value is -0.870. The molecule has 0 radical (unpaired) electrons. The van der Waals surface area contributed by atoms with Gasteiger partial charge in [0, 0.05) is 17.7 Å². The highest BCUT2D eigenvalue weighted by Crippen LogP contribution is 2.27. The predicted octanol–water partition coefficient (Wildman–Crippen LogP) is 2.89. The monoisotopic (exact) mass is 255 g/mol. The lowest BCUT2D eigenvalue weighted by molar-refractivity contribution is 0.435. The summed E-state index contributed by atoms with van der Waals surface area (Å²) in [7, 11) is 0. The first-order valence-electron chi connectivity index (χ1n) is 5.89. The fraction of sp³-hybridized carbons (Fsp3) is 0.538. The van der Waals surface area contributed by atoms with Crippen LogP contribution in [0.5, 0.6) is 11.5 Å². The third kappa shape index (κ3) is 4.88. The lowest BCUT2D eigenvalue weighted by Crippen LogP contribution is -2.20. The fourth-order valence-corrected chi connectivity index (χ4v) is 2.19. The largest absolute Gasteiger partial charge is 0.508 e. The van der Waals surface area contributed by atoms with Gasteiger partial charge in [0.2, 0.25) is 0 Å². The van der Waals surface area contributed by atoms with Crippen LogP contribution in [0.25, 0.3) is 0 Å². The second kappa shape index (κ2) is 7.45. The molecule has 0 aliphatic heterocycles. The van der Waals surface area contributed by atoms with E-state index < -0.39 is 0 Å². The van der Waals surface area contributed by atoms with Crippen LogP contribution in [-0.4, -0.2) is 28.8 Å². The number of hydrogen-bond acceptors (Lipinski definition) is 4. The van der Waals surface area contributed by atoms with Gasteiger partial charge in [-0.2, -0.15) is 11.8 Å². The molecule has 0 saturated heterocycles. The molecule has 0 amide bonds. The number of aromatic hydroxyl groups is 2. The SMILES string of the molecule is CSCCCCNC(C)c1ccc(O)cc1O. The first-order chi connectivity index (χ1) is 8.15. The minimum absolute atomic E-state index is 0.0958. The molecule has 17 heavy (non-hydrogen) atoms. The van der Waals surface area contributed by atoms with Crippen molar-refractivity contribution in [2.24, 2.45) is 0 Å². The minimum Gasteiger partial charge on any atom is -0.508 e. The van der Waals surface area contributed by atoms with E-state index in [1.165, 1.54) is 18.2 Å². The number of thioether (sulfide) groups is 1. The van der Waals surface area contributed by atoms with Crippen molar-refractivity contribution in [1.82, 2.24) is 5.32 Å². The van der Waals surface area contributed by atoms with Crippen molar-refractivity contribution < 1.29 is 10.2 Å². The van der Waals surface area contributed by atoms with Gasteiger partial charge < -0.3 is 15.5 Å². The summed E-state index contributed by atoms with van der Waals surface area (Å²) in [4.78, 5) is 0. The van der Waals surface area contributed by atoms with Gasteiger partial charge in [0.15, 0.2) is 0 Å². The van der Waals surface area contributed by atoms with Gasteiger partial charge in [-0.15, -0.1) is 0 Å². The van der Waals surface area contributed by atoms with E-state index in [0.717, 1.165) is 18.5 Å². The molecule has 3 N–H and O–H groups in total. The Morgan fingerprint density at radius 2 is 2.06 bits per heavy atom. The molecular weight excluding hydrogens is 234 g/mol. The molecule has 0 spiro atoms. The van der Waals surface area contributed by atoms with Crippen molar-refractivity contribution in [3.63, 3.8) is 0 Å². The van der Waals surface area contributed by atoms with E-state index in [-0.39, 0.29) is 17.5 Å². The van der Waals surface area contributed by atoms with Gasteiger partial charge in [-0.25, -0.2) is 0 Å². The summed E-state index contributed by atoms with van der Waals surface area (Å²) in [5, 5.41) is 22.3. The number of phenols is 2. The van der Waals surface area contributed by atoms with E-state index in [9.17, 15) is 10.2 Å². The molecule has 1 aromatic rings. The van der Waals surface area contributed by atoms with Gasteiger partial charge >= 0.3 is 0 Å². The Morgan fingerprint density at radius 3 is 2.71 bits per heavy atom. The molecule has 1 aromatic carbocycles. The molecule has 0 saturated carbocycles. The summed E-state index contributed by atoms with van der Waals surface area (Å²) in [5.41, 5.74) is 0.827. The second-order valence-corrected chi connectivity index (χ2v) is 5.10. The van der Waals surface area contributed by atoms with Crippen molar-refractivity contribution in [2.45, 2.75) is 25.8 Å². The molecule has 3 nitrogen and oxygen atoms in total. The molecule has 0 heterocycles. The van der Waals surface area contributed by atoms with E-state index in [0.29, 0.717) is 0 Å². The molecule has 4 heteroatoms. The van der Waals surface area contributed by atoms with Crippen molar-refractivity contribution in [3.8, 4) is 11.5 Å². The van der Waals surface area contributed by atoms with E-state index in [4.69, 9.17) is 0 Å². The summed E-state index contributed by atoms with van der Waals surface area (Å²) >= 11 is 1.87. The van der Waals surface area contributed by atoms with Crippen molar-refractivity contribution in [2.75, 3.05) is 18.6 Å². The Morgan fingerprint density at radius 1 is 1.29 bits per heavy atom. The van der Waals surface area contributed by atoms with Crippen molar-refractivity contribution in [1.29, 1.82) is 0 Å². The van der Waals surface area contributed by atoms with Crippen molar-refractivity contribution in [3.05, 3.63) is 23.8 Å². The van der Waals surface area contributed by atoms with Crippen molar-refractivity contribution >= 4 is 11.8 Å². The third-order valence-corrected chi connectivity index (χ3v) is 3.40. The summed E-state index contributed by atoms with van der Waals surface area (Å²) in [6.07, 6.45) is 4.47. The van der Waals surface area contributed by atoms with Crippen LogP contribution in [0.4, 0.5) is 0 Å². The number of rotatable bonds is 7. The number of nitrogens with one attached hydrogen (secondary N) is 1. The highest BCUT2D eigenvalue weighted by molar-refractivity contribution is 7.98. The number of unbranched alkanes of at least 4 members (excludes halogenated alkanes) is 1. The minimum atomic E-state index is 0.0958. The topological polar surface area (TPSA) is 52.5 Å². The Kier molecular flexibility index (Phi) is 6.22. The van der Waals surface area contributed by atoms with Gasteiger partial charge in [-0.3, -0.25) is 0 Å². The lowest BCUT2D eigenvalue weighted by Gasteiger charge is -2.15. The molecule has 0 bridgehead atoms. The summed E-state index contributed by atoms with van der Waals surface area (Å²) in [6.45, 7) is 2.96. The summed E-state index contributed by atoms with van der Waals surface area (Å²) < 4.78 is 0. The van der Waals surface area contributed by atoms with Crippen LogP contribution in [0.1, 0.15) is 31.4 Å². The molecule has 96 valence electrons. The molecule has 0 aromatic heterocycles. The predicted molar refractivity (Wildman–Crippen MR) is 73.8 cm³/mol. The van der Waals surface area contributed by atoms with Gasteiger partial charge in [-0.1, -0.05) is 6.07 Å². The van der Waals surface area contributed by atoms with Gasteiger partial charge in [0.1, 0.15) is 11.5 Å². The zero-order valence-electron chi connectivity index (χ0n) is 10.4. The van der Waals surface area contributed by atoms with E-state index in [2.05, 4.69) is 11.6 Å². The number of hydrogen-bond donors (Lipinski definition) is 3. The average molecular weight is 255 g/mol. The maximum absolute atomic E-state index is 9.70. The third-order valence-electron chi connectivity index (χ3n) is 2.71. The van der Waals surface area contributed by atoms with E-state index >= 15 is 0 Å². The van der Waals surface area contributed by atoms with E-state index in [1.807, 2.05) is 18.7 Å². The smallest absolute Gasteiger partial charge is 0.124 e. The second-order valence-electron chi connectivity index (χ2n) is 4.12. The highest BCUT2D eigenvalue weighted by atomic mass is 32.2. The molecule has 0 aliphatic carbocycles. The summed E-state index contributed by atoms with van der Waals surface area (Å²) in [6, 6.07) is 4.83. The lowest BCUT2D eigenvalue weighted by atomic mass is 10.1. The van der Waals surface area contributed by atoms with Crippen LogP contribution in [0.3, 0.4) is 0 Å². The van der Waals surface area contributed by atoms with Crippen LogP contribution in [0.15, 0.2) is 18.2 Å². The van der Waals surface area contributed by atoms with Gasteiger partial charge in [-0.05, 0) is 44.4 Å². The Balaban J connectivity index is 2.38. The highest BCUT2D eigenvalue weighted by Gasteiger charge is 2.09. The van der Waals surface area contributed by atoms with Crippen LogP contribution in [-0.2, 0) is 0 Å². The van der Waals surface area contributed by atoms with Crippen LogP contribution in [0, 0.1) is 0 Å². The van der Waals surface area contributed by atoms with Crippen LogP contribution < -0.4 is 5.32 Å². The molecule has 1 atom stereocenters. The zero-order chi connectivity index (χ0) is 12.7. The van der Waals surface area contributed by atoms with Gasteiger partial charge in [0.25, 0.3) is 0 Å². The number of phenolic OH excluding ortho intramolecular Hbond substituents is 2. The number of benzene rings is 1. The Bertz CT molecular complexity index is 344. The first-order valence-corrected chi connectivity index (χ1v) is 7.28. The average Bonchev–Trinajstić information content (AvgIpc) is 2.28. The maximum atomic E-state index is 9.70. The maximum Gasteiger partial charge on any atom is 0.124 e. The fourth-order valence-electron chi connectivity index (χ4n) is 1.70. The molecular formula is C13H21NO2S. The standard InChI is InChI=1S/C13H21NO2S/c1-10(14-7-3-4-8-17-2)12-6-5-11(15)9-13(12)16/h5-6,9-10,14-16H,3-4,7-8H2,1-2H3. The molecule has 0 fully saturated rings. The molecule has 1 unspecified atom stereocenters. The molecule has 0 aliphatic rings. The first kappa shape index (κ1) is 14.2. The van der Waals surface area contributed by atoms with E-state index in [1.54, 1.807) is 12.1 Å².